The highest BCUT2D eigenvalue weighted by Gasteiger charge is 2.43. The molecule has 1 fully saturated rings. The van der Waals surface area contributed by atoms with Crippen LogP contribution in [0.3, 0.4) is 0 Å². The first-order valence-corrected chi connectivity index (χ1v) is 7.86. The molecule has 0 aliphatic carbocycles. The number of benzene rings is 1. The normalized spacial score (nSPS) is 21.2. The summed E-state index contributed by atoms with van der Waals surface area (Å²) in [4.78, 5) is 27.0. The zero-order valence-electron chi connectivity index (χ0n) is 14.0. The van der Waals surface area contributed by atoms with Gasteiger partial charge in [0, 0.05) is 25.2 Å². The van der Waals surface area contributed by atoms with Crippen LogP contribution >= 0.6 is 0 Å². The number of aliphatic hydroxyl groups is 1. The van der Waals surface area contributed by atoms with E-state index in [1.807, 2.05) is 0 Å². The highest BCUT2D eigenvalue weighted by molar-refractivity contribution is 5.86. The number of nitrogens with zero attached hydrogens (tertiary/aromatic N) is 2. The number of likely N-dealkylation sites (N-methyl/N-ethyl adjacent to an activating group) is 1. The van der Waals surface area contributed by atoms with Gasteiger partial charge in [-0.1, -0.05) is 18.2 Å². The number of hydrogen-bond acceptors (Lipinski definition) is 5. The number of piperidine rings is 1. The van der Waals surface area contributed by atoms with E-state index in [1.165, 1.54) is 18.1 Å². The Bertz CT molecular complexity index is 610. The van der Waals surface area contributed by atoms with Crippen molar-refractivity contribution in [3.8, 4) is 0 Å². The van der Waals surface area contributed by atoms with Gasteiger partial charge in [0.1, 0.15) is 5.82 Å². The second kappa shape index (κ2) is 7.72. The summed E-state index contributed by atoms with van der Waals surface area (Å²) >= 11 is 0. The first-order valence-electron chi connectivity index (χ1n) is 7.86. The summed E-state index contributed by atoms with van der Waals surface area (Å²) in [5, 5.41) is 10.7. The Balaban J connectivity index is 2.05. The van der Waals surface area contributed by atoms with E-state index in [1.54, 1.807) is 30.1 Å². The molecule has 1 atom stereocenters. The molecular formula is C17H23FN2O4. The van der Waals surface area contributed by atoms with Crippen LogP contribution < -0.4 is 0 Å². The number of amides is 1. The van der Waals surface area contributed by atoms with Crippen molar-refractivity contribution >= 4 is 11.9 Å². The molecule has 1 heterocycles. The van der Waals surface area contributed by atoms with Crippen molar-refractivity contribution in [2.45, 2.75) is 25.0 Å². The maximum absolute atomic E-state index is 13.8. The van der Waals surface area contributed by atoms with Gasteiger partial charge in [-0.05, 0) is 26.0 Å². The monoisotopic (exact) mass is 338 g/mol. The van der Waals surface area contributed by atoms with Crippen LogP contribution in [0.1, 0.15) is 18.4 Å². The molecule has 1 amide bonds. The van der Waals surface area contributed by atoms with Crippen LogP contribution in [0.5, 0.6) is 0 Å². The molecule has 0 aromatic heterocycles. The second-order valence-corrected chi connectivity index (χ2v) is 6.20. The Labute approximate surface area is 140 Å². The van der Waals surface area contributed by atoms with Crippen LogP contribution in [0.25, 0.3) is 0 Å². The molecule has 24 heavy (non-hydrogen) atoms. The van der Waals surface area contributed by atoms with Gasteiger partial charge < -0.3 is 14.7 Å². The van der Waals surface area contributed by atoms with Crippen LogP contribution in [0, 0.1) is 5.82 Å². The number of ether oxygens (including phenoxy) is 1. The highest BCUT2D eigenvalue weighted by Crippen LogP contribution is 2.25. The van der Waals surface area contributed by atoms with Gasteiger partial charge in [0.05, 0.1) is 13.7 Å². The van der Waals surface area contributed by atoms with Gasteiger partial charge in [-0.3, -0.25) is 14.5 Å². The number of esters is 1. The maximum Gasteiger partial charge on any atom is 0.319 e. The van der Waals surface area contributed by atoms with E-state index >= 15 is 0 Å². The van der Waals surface area contributed by atoms with Crippen LogP contribution in [0.15, 0.2) is 24.3 Å². The fourth-order valence-electron chi connectivity index (χ4n) is 2.98. The molecule has 1 aliphatic rings. The maximum atomic E-state index is 13.8. The lowest BCUT2D eigenvalue weighted by molar-refractivity contribution is -0.161. The van der Waals surface area contributed by atoms with Crippen molar-refractivity contribution < 1.29 is 23.8 Å². The van der Waals surface area contributed by atoms with E-state index in [9.17, 15) is 19.1 Å². The first-order chi connectivity index (χ1) is 11.4. The molecule has 1 saturated heterocycles. The average molecular weight is 338 g/mol. The standard InChI is InChI=1S/C17H23FN2O4/c1-19(11-15(21)24-2)12-17(23)8-5-9-20(16(17)22)10-13-6-3-4-7-14(13)18/h3-4,6-7,23H,5,8-12H2,1-2H3. The number of likely N-dealkylation sites (tertiary alicyclic amines) is 1. The average Bonchev–Trinajstić information content (AvgIpc) is 2.53. The van der Waals surface area contributed by atoms with Gasteiger partial charge in [0.15, 0.2) is 5.60 Å². The molecule has 0 saturated carbocycles. The van der Waals surface area contributed by atoms with E-state index in [0.29, 0.717) is 24.9 Å². The Morgan fingerprint density at radius 1 is 1.46 bits per heavy atom. The lowest BCUT2D eigenvalue weighted by Crippen LogP contribution is -2.58. The highest BCUT2D eigenvalue weighted by atomic mass is 19.1. The SMILES string of the molecule is COC(=O)CN(C)CC1(O)CCCN(Cc2ccccc2F)C1=O. The van der Waals surface area contributed by atoms with Gasteiger partial charge in [-0.2, -0.15) is 0 Å². The Morgan fingerprint density at radius 3 is 2.83 bits per heavy atom. The van der Waals surface area contributed by atoms with Crippen LogP contribution in [0.2, 0.25) is 0 Å². The summed E-state index contributed by atoms with van der Waals surface area (Å²) in [5.74, 6) is -1.25. The zero-order chi connectivity index (χ0) is 17.7. The molecule has 1 aromatic rings. The number of methoxy groups -OCH3 is 1. The van der Waals surface area contributed by atoms with E-state index in [4.69, 9.17) is 0 Å². The number of carbonyl (C=O) groups is 2. The van der Waals surface area contributed by atoms with Crippen molar-refractivity contribution in [2.75, 3.05) is 33.8 Å². The minimum atomic E-state index is -1.58. The number of rotatable bonds is 6. The summed E-state index contributed by atoms with van der Waals surface area (Å²) in [6.45, 7) is 0.596. The van der Waals surface area contributed by atoms with Crippen LogP contribution in [-0.4, -0.2) is 66.2 Å². The smallest absolute Gasteiger partial charge is 0.319 e. The predicted octanol–water partition coefficient (Wildman–Crippen LogP) is 0.784. The summed E-state index contributed by atoms with van der Waals surface area (Å²) in [7, 11) is 2.92. The molecule has 1 N–H and O–H groups in total. The summed E-state index contributed by atoms with van der Waals surface area (Å²) in [6.07, 6.45) is 0.924. The molecule has 0 bridgehead atoms. The third-order valence-electron chi connectivity index (χ3n) is 4.18. The lowest BCUT2D eigenvalue weighted by atomic mass is 9.90. The largest absolute Gasteiger partial charge is 0.468 e. The molecule has 7 heteroatoms. The lowest BCUT2D eigenvalue weighted by Gasteiger charge is -2.40. The van der Waals surface area contributed by atoms with Crippen LogP contribution in [-0.2, 0) is 20.9 Å². The summed E-state index contributed by atoms with van der Waals surface area (Å²) in [5.41, 5.74) is -1.16. The quantitative estimate of drug-likeness (QED) is 0.777. The van der Waals surface area contributed by atoms with Gasteiger partial charge in [0.2, 0.25) is 0 Å². The molecule has 6 nitrogen and oxygen atoms in total. The Morgan fingerprint density at radius 2 is 2.17 bits per heavy atom. The van der Waals surface area contributed by atoms with E-state index in [-0.39, 0.29) is 25.5 Å². The van der Waals surface area contributed by atoms with Crippen molar-refractivity contribution in [2.24, 2.45) is 0 Å². The van der Waals surface area contributed by atoms with Crippen LogP contribution in [0.4, 0.5) is 4.39 Å². The van der Waals surface area contributed by atoms with Gasteiger partial charge in [0.25, 0.3) is 5.91 Å². The van der Waals surface area contributed by atoms with E-state index < -0.39 is 17.5 Å². The second-order valence-electron chi connectivity index (χ2n) is 6.20. The number of hydrogen-bond donors (Lipinski definition) is 1. The summed E-state index contributed by atoms with van der Waals surface area (Å²) in [6, 6.07) is 6.28. The van der Waals surface area contributed by atoms with Crippen molar-refractivity contribution in [1.29, 1.82) is 0 Å². The third kappa shape index (κ3) is 4.30. The molecule has 2 rings (SSSR count). The predicted molar refractivity (Wildman–Crippen MR) is 85.5 cm³/mol. The zero-order valence-corrected chi connectivity index (χ0v) is 14.0. The molecule has 1 unspecified atom stereocenters. The molecule has 0 radical (unpaired) electrons. The summed E-state index contributed by atoms with van der Waals surface area (Å²) < 4.78 is 18.4. The van der Waals surface area contributed by atoms with Gasteiger partial charge in [-0.25, -0.2) is 4.39 Å². The molecule has 1 aromatic carbocycles. The minimum Gasteiger partial charge on any atom is -0.468 e. The Kier molecular flexibility index (Phi) is 5.90. The Hall–Kier alpha value is -1.99. The minimum absolute atomic E-state index is 0.0145. The van der Waals surface area contributed by atoms with Gasteiger partial charge in [-0.15, -0.1) is 0 Å². The van der Waals surface area contributed by atoms with E-state index in [0.717, 1.165) is 0 Å². The molecule has 1 aliphatic heterocycles. The molecule has 0 spiro atoms. The third-order valence-corrected chi connectivity index (χ3v) is 4.18. The van der Waals surface area contributed by atoms with Gasteiger partial charge >= 0.3 is 5.97 Å². The fourth-order valence-corrected chi connectivity index (χ4v) is 2.98. The van der Waals surface area contributed by atoms with Crippen molar-refractivity contribution in [1.82, 2.24) is 9.80 Å². The first kappa shape index (κ1) is 18.4. The van der Waals surface area contributed by atoms with Crippen molar-refractivity contribution in [3.05, 3.63) is 35.6 Å². The topological polar surface area (TPSA) is 70.1 Å². The van der Waals surface area contributed by atoms with Crippen molar-refractivity contribution in [3.63, 3.8) is 0 Å². The molecule has 132 valence electrons. The fraction of sp³-hybridized carbons (Fsp3) is 0.529. The number of carbonyl (C=O) groups excluding carboxylic acids is 2. The molecular weight excluding hydrogens is 315 g/mol. The number of halogens is 1. The van der Waals surface area contributed by atoms with E-state index in [2.05, 4.69) is 4.74 Å².